The van der Waals surface area contributed by atoms with Crippen LogP contribution in [0.2, 0.25) is 0 Å². The normalized spacial score (nSPS) is 11.5. The van der Waals surface area contributed by atoms with E-state index < -0.39 is 0 Å². The van der Waals surface area contributed by atoms with Gasteiger partial charge >= 0.3 is 0 Å². The number of nitrogens with zero attached hydrogens (tertiary/aromatic N) is 2. The summed E-state index contributed by atoms with van der Waals surface area (Å²) in [6.07, 6.45) is 5.40. The third-order valence-electron chi connectivity index (χ3n) is 2.32. The maximum Gasteiger partial charge on any atom is 0.178 e. The fourth-order valence-electron chi connectivity index (χ4n) is 1.46. The highest BCUT2D eigenvalue weighted by molar-refractivity contribution is 5.86. The van der Waals surface area contributed by atoms with Gasteiger partial charge in [0.05, 0.1) is 5.52 Å². The van der Waals surface area contributed by atoms with Crippen molar-refractivity contribution in [2.24, 2.45) is 0 Å². The zero-order valence-electron chi connectivity index (χ0n) is 9.70. The highest BCUT2D eigenvalue weighted by Crippen LogP contribution is 2.18. The van der Waals surface area contributed by atoms with Gasteiger partial charge in [0.1, 0.15) is 5.52 Å². The van der Waals surface area contributed by atoms with Crippen molar-refractivity contribution in [2.75, 3.05) is 5.32 Å². The van der Waals surface area contributed by atoms with Crippen molar-refractivity contribution in [3.05, 3.63) is 54.9 Å². The van der Waals surface area contributed by atoms with Crippen LogP contribution in [-0.2, 0) is 0 Å². The van der Waals surface area contributed by atoms with Crippen molar-refractivity contribution in [3.8, 4) is 0 Å². The van der Waals surface area contributed by atoms with E-state index in [1.807, 2.05) is 25.1 Å². The van der Waals surface area contributed by atoms with Gasteiger partial charge in [0, 0.05) is 11.9 Å². The van der Waals surface area contributed by atoms with Crippen molar-refractivity contribution in [3.63, 3.8) is 0 Å². The lowest BCUT2D eigenvalue weighted by atomic mass is 10.2. The summed E-state index contributed by atoms with van der Waals surface area (Å²) in [7, 11) is 0. The van der Waals surface area contributed by atoms with Crippen LogP contribution in [0, 0.1) is 0 Å². The summed E-state index contributed by atoms with van der Waals surface area (Å²) < 4.78 is 0. The first-order valence-corrected chi connectivity index (χ1v) is 5.26. The molecule has 0 aliphatic heterocycles. The summed E-state index contributed by atoms with van der Waals surface area (Å²) >= 11 is 0. The van der Waals surface area contributed by atoms with Crippen LogP contribution in [0.25, 0.3) is 11.0 Å². The molecule has 0 aliphatic carbocycles. The summed E-state index contributed by atoms with van der Waals surface area (Å²) in [5, 5.41) is 10.2. The number of rotatable bonds is 4. The zero-order valence-corrected chi connectivity index (χ0v) is 9.70. The molecule has 0 bridgehead atoms. The van der Waals surface area contributed by atoms with Crippen LogP contribution in [0.1, 0.15) is 6.92 Å². The number of fused-ring (bicyclic) bond motifs is 1. The second kappa shape index (κ2) is 4.65. The Labute approximate surface area is 99.8 Å². The Morgan fingerprint density at radius 3 is 3.12 bits per heavy atom. The fraction of sp³-hybridized carbons (Fsp3) is 0.0769. The van der Waals surface area contributed by atoms with E-state index in [1.165, 1.54) is 0 Å². The Morgan fingerprint density at radius 1 is 1.53 bits per heavy atom. The predicted molar refractivity (Wildman–Crippen MR) is 70.6 cm³/mol. The number of allylic oxidation sites excluding steroid dienone is 3. The lowest BCUT2D eigenvalue weighted by Gasteiger charge is -2.02. The van der Waals surface area contributed by atoms with E-state index in [9.17, 15) is 0 Å². The van der Waals surface area contributed by atoms with Crippen LogP contribution in [0.15, 0.2) is 54.9 Å². The van der Waals surface area contributed by atoms with Gasteiger partial charge in [0.25, 0.3) is 0 Å². The van der Waals surface area contributed by atoms with Crippen molar-refractivity contribution >= 4 is 16.9 Å². The van der Waals surface area contributed by atoms with E-state index in [0.717, 1.165) is 22.3 Å². The van der Waals surface area contributed by atoms with Crippen molar-refractivity contribution in [2.45, 2.75) is 6.92 Å². The fourth-order valence-corrected chi connectivity index (χ4v) is 1.46. The molecule has 2 aromatic heterocycles. The molecule has 0 aliphatic rings. The molecule has 0 saturated heterocycles. The van der Waals surface area contributed by atoms with Crippen LogP contribution in [0.5, 0.6) is 0 Å². The van der Waals surface area contributed by atoms with Crippen molar-refractivity contribution in [1.29, 1.82) is 0 Å². The number of aromatic nitrogens is 3. The van der Waals surface area contributed by atoms with Gasteiger partial charge < -0.3 is 5.32 Å². The van der Waals surface area contributed by atoms with Crippen LogP contribution >= 0.6 is 0 Å². The average Bonchev–Trinajstić information content (AvgIpc) is 2.72. The highest BCUT2D eigenvalue weighted by Gasteiger charge is 2.05. The van der Waals surface area contributed by atoms with E-state index in [2.05, 4.69) is 33.7 Å². The van der Waals surface area contributed by atoms with Gasteiger partial charge in [0.2, 0.25) is 0 Å². The predicted octanol–water partition coefficient (Wildman–Crippen LogP) is 3.02. The minimum Gasteiger partial charge on any atom is -0.337 e. The summed E-state index contributed by atoms with van der Waals surface area (Å²) in [4.78, 5) is 4.26. The average molecular weight is 226 g/mol. The van der Waals surface area contributed by atoms with Crippen LogP contribution in [0.4, 0.5) is 5.82 Å². The van der Waals surface area contributed by atoms with E-state index in [4.69, 9.17) is 0 Å². The third-order valence-corrected chi connectivity index (χ3v) is 2.32. The van der Waals surface area contributed by atoms with Gasteiger partial charge in [-0.3, -0.25) is 10.1 Å². The molecule has 0 spiro atoms. The SMILES string of the molecule is C=C/C(C)=C\C(=C)Nc1n[nH]c2cccnc12. The van der Waals surface area contributed by atoms with Crippen LogP contribution < -0.4 is 5.32 Å². The number of H-pyrrole nitrogens is 1. The Bertz CT molecular complexity index is 592. The topological polar surface area (TPSA) is 53.6 Å². The molecule has 17 heavy (non-hydrogen) atoms. The monoisotopic (exact) mass is 226 g/mol. The van der Waals surface area contributed by atoms with Gasteiger partial charge in [-0.25, -0.2) is 0 Å². The first-order chi connectivity index (χ1) is 8.20. The molecule has 2 rings (SSSR count). The standard InChI is InChI=1S/C13H14N4/c1-4-9(2)8-10(3)15-13-12-11(16-17-13)6-5-7-14-12/h4-8H,1,3H2,2H3,(H2,15,16,17)/b9-8-. The molecule has 4 heteroatoms. The van der Waals surface area contributed by atoms with Gasteiger partial charge in [0.15, 0.2) is 5.82 Å². The lowest BCUT2D eigenvalue weighted by Crippen LogP contribution is -1.97. The number of hydrogen-bond acceptors (Lipinski definition) is 3. The van der Waals surface area contributed by atoms with Crippen molar-refractivity contribution < 1.29 is 0 Å². The van der Waals surface area contributed by atoms with Crippen molar-refractivity contribution in [1.82, 2.24) is 15.2 Å². The summed E-state index contributed by atoms with van der Waals surface area (Å²) in [6, 6.07) is 3.79. The van der Waals surface area contributed by atoms with Gasteiger partial charge in [-0.1, -0.05) is 19.2 Å². The maximum atomic E-state index is 4.26. The molecular formula is C13H14N4. The quantitative estimate of drug-likeness (QED) is 0.788. The molecule has 0 radical (unpaired) electrons. The van der Waals surface area contributed by atoms with E-state index in [0.29, 0.717) is 5.82 Å². The zero-order chi connectivity index (χ0) is 12.3. The number of aromatic amines is 1. The molecule has 0 fully saturated rings. The second-order valence-corrected chi connectivity index (χ2v) is 3.71. The molecule has 0 atom stereocenters. The Hall–Kier alpha value is -2.36. The number of hydrogen-bond donors (Lipinski definition) is 2. The minimum atomic E-state index is 0.679. The van der Waals surface area contributed by atoms with Gasteiger partial charge in [-0.15, -0.1) is 0 Å². The number of nitrogens with one attached hydrogen (secondary N) is 2. The van der Waals surface area contributed by atoms with E-state index in [1.54, 1.807) is 12.3 Å². The van der Waals surface area contributed by atoms with Gasteiger partial charge in [-0.05, 0) is 30.7 Å². The largest absolute Gasteiger partial charge is 0.337 e. The summed E-state index contributed by atoms with van der Waals surface area (Å²) in [6.45, 7) is 9.56. The smallest absolute Gasteiger partial charge is 0.178 e. The first-order valence-electron chi connectivity index (χ1n) is 5.26. The minimum absolute atomic E-state index is 0.679. The Morgan fingerprint density at radius 2 is 2.35 bits per heavy atom. The molecule has 0 unspecified atom stereocenters. The molecule has 0 saturated carbocycles. The van der Waals surface area contributed by atoms with Gasteiger partial charge in [-0.2, -0.15) is 5.10 Å². The lowest BCUT2D eigenvalue weighted by molar-refractivity contribution is 1.11. The summed E-state index contributed by atoms with van der Waals surface area (Å²) in [5.41, 5.74) is 3.49. The summed E-state index contributed by atoms with van der Waals surface area (Å²) in [5.74, 6) is 0.679. The molecule has 2 heterocycles. The molecule has 0 aromatic carbocycles. The van der Waals surface area contributed by atoms with Crippen LogP contribution in [-0.4, -0.2) is 15.2 Å². The van der Waals surface area contributed by atoms with Crippen LogP contribution in [0.3, 0.4) is 0 Å². The number of pyridine rings is 1. The van der Waals surface area contributed by atoms with E-state index in [-0.39, 0.29) is 0 Å². The molecule has 2 N–H and O–H groups in total. The Balaban J connectivity index is 2.25. The number of anilines is 1. The molecule has 0 amide bonds. The van der Waals surface area contributed by atoms with E-state index >= 15 is 0 Å². The second-order valence-electron chi connectivity index (χ2n) is 3.71. The highest BCUT2D eigenvalue weighted by atomic mass is 15.2. The molecular weight excluding hydrogens is 212 g/mol. The molecule has 86 valence electrons. The molecule has 2 aromatic rings. The Kier molecular flexibility index (Phi) is 3.05. The first kappa shape index (κ1) is 11.1. The maximum absolute atomic E-state index is 4.26. The third kappa shape index (κ3) is 2.42. The molecule has 4 nitrogen and oxygen atoms in total.